The number of carbonyl (C=O) groups excluding carboxylic acids is 1. The van der Waals surface area contributed by atoms with Gasteiger partial charge in [0.25, 0.3) is 11.5 Å². The Balaban J connectivity index is 1.44. The number of hydrogen-bond donors (Lipinski definition) is 0. The topological polar surface area (TPSA) is 70.8 Å². The number of fused-ring (bicyclic) bond motifs is 1. The van der Waals surface area contributed by atoms with Crippen LogP contribution in [0.1, 0.15) is 48.1 Å². The summed E-state index contributed by atoms with van der Waals surface area (Å²) in [5.74, 6) is 0.505. The number of allylic oxidation sites excluding steroid dienone is 1. The lowest BCUT2D eigenvalue weighted by Crippen LogP contribution is -2.43. The number of para-hydroxylation sites is 1. The minimum atomic E-state index is -0.294. The molecule has 7 nitrogen and oxygen atoms in total. The van der Waals surface area contributed by atoms with E-state index in [1.54, 1.807) is 20.6 Å². The van der Waals surface area contributed by atoms with Gasteiger partial charge in [0.1, 0.15) is 5.82 Å². The quantitative estimate of drug-likeness (QED) is 0.174. The molecule has 41 heavy (non-hydrogen) atoms. The van der Waals surface area contributed by atoms with Crippen molar-refractivity contribution in [3.05, 3.63) is 141 Å². The van der Waals surface area contributed by atoms with Crippen molar-refractivity contribution in [3.63, 3.8) is 0 Å². The highest BCUT2D eigenvalue weighted by molar-refractivity contribution is 6.20. The van der Waals surface area contributed by atoms with Crippen LogP contribution in [-0.2, 0) is 17.8 Å². The minimum absolute atomic E-state index is 0.0502. The Bertz CT molecular complexity index is 1600. The van der Waals surface area contributed by atoms with Gasteiger partial charge in [-0.3, -0.25) is 19.2 Å². The number of rotatable bonds is 7. The molecule has 2 heterocycles. The van der Waals surface area contributed by atoms with Crippen LogP contribution in [0.3, 0.4) is 0 Å². The summed E-state index contributed by atoms with van der Waals surface area (Å²) in [6.45, 7) is 6.28. The number of hydrogen-bond acceptors (Lipinski definition) is 5. The fraction of sp³-hybridized carbons (Fsp3) is 0.235. The van der Waals surface area contributed by atoms with Crippen molar-refractivity contribution in [2.75, 3.05) is 18.6 Å². The lowest BCUT2D eigenvalue weighted by Gasteiger charge is -2.31. The molecule has 3 aromatic carbocycles. The van der Waals surface area contributed by atoms with Gasteiger partial charge in [-0.1, -0.05) is 84.9 Å². The number of nitrogens with zero attached hydrogens (tertiary/aromatic N) is 5. The van der Waals surface area contributed by atoms with Crippen molar-refractivity contribution in [2.24, 2.45) is 5.10 Å². The molecule has 0 bridgehead atoms. The molecule has 0 unspecified atom stereocenters. The van der Waals surface area contributed by atoms with E-state index in [0.29, 0.717) is 41.3 Å². The van der Waals surface area contributed by atoms with Crippen LogP contribution >= 0.6 is 0 Å². The van der Waals surface area contributed by atoms with E-state index < -0.39 is 0 Å². The zero-order valence-electron chi connectivity index (χ0n) is 24.0. The highest BCUT2D eigenvalue weighted by Crippen LogP contribution is 2.28. The fourth-order valence-electron chi connectivity index (χ4n) is 5.50. The first-order valence-electron chi connectivity index (χ1n) is 13.9. The second-order valence-electron chi connectivity index (χ2n) is 10.2. The molecule has 1 amide bonds. The molecule has 0 fully saturated rings. The van der Waals surface area contributed by atoms with Crippen molar-refractivity contribution in [3.8, 4) is 0 Å². The third-order valence-corrected chi connectivity index (χ3v) is 7.56. The molecule has 0 saturated carbocycles. The standard InChI is InChI=1S/C34H35N5O2/c1-5-29(24(2)36-37(4)28-19-13-8-14-20-28)33(40)38-22-21-30-31(23-38)35-25(3)39(34(30)41)32(26-15-9-6-10-16-26)27-17-11-7-12-18-27/h5-20,32H,21-23H2,1-4H3/b29-5?,36-24-. The summed E-state index contributed by atoms with van der Waals surface area (Å²) in [5, 5.41) is 6.43. The van der Waals surface area contributed by atoms with Gasteiger partial charge in [0, 0.05) is 19.2 Å². The van der Waals surface area contributed by atoms with Gasteiger partial charge >= 0.3 is 0 Å². The van der Waals surface area contributed by atoms with Crippen LogP contribution in [0.25, 0.3) is 0 Å². The van der Waals surface area contributed by atoms with Gasteiger partial charge in [-0.05, 0) is 50.5 Å². The van der Waals surface area contributed by atoms with E-state index in [0.717, 1.165) is 16.8 Å². The van der Waals surface area contributed by atoms with Crippen LogP contribution < -0.4 is 10.6 Å². The van der Waals surface area contributed by atoms with Crippen molar-refractivity contribution in [1.82, 2.24) is 14.5 Å². The molecule has 0 radical (unpaired) electrons. The smallest absolute Gasteiger partial charge is 0.257 e. The first kappa shape index (κ1) is 27.8. The molecule has 208 valence electrons. The predicted molar refractivity (Wildman–Crippen MR) is 164 cm³/mol. The van der Waals surface area contributed by atoms with E-state index in [1.165, 1.54) is 0 Å². The van der Waals surface area contributed by atoms with E-state index in [1.807, 2.05) is 119 Å². The molecule has 5 rings (SSSR count). The molecule has 7 heteroatoms. The highest BCUT2D eigenvalue weighted by Gasteiger charge is 2.30. The number of hydrazone groups is 1. The summed E-state index contributed by atoms with van der Waals surface area (Å²) >= 11 is 0. The third-order valence-electron chi connectivity index (χ3n) is 7.56. The molecule has 1 aromatic heterocycles. The largest absolute Gasteiger partial charge is 0.332 e. The Kier molecular flexibility index (Phi) is 8.24. The van der Waals surface area contributed by atoms with Gasteiger partial charge < -0.3 is 4.90 Å². The zero-order valence-corrected chi connectivity index (χ0v) is 24.0. The number of aryl methyl sites for hydroxylation is 1. The predicted octanol–water partition coefficient (Wildman–Crippen LogP) is 5.53. The normalized spacial score (nSPS) is 13.7. The molecule has 1 aliphatic heterocycles. The second-order valence-corrected chi connectivity index (χ2v) is 10.2. The first-order valence-corrected chi connectivity index (χ1v) is 13.9. The average molecular weight is 546 g/mol. The van der Waals surface area contributed by atoms with E-state index >= 15 is 0 Å². The molecule has 0 saturated heterocycles. The molecule has 0 aliphatic carbocycles. The summed E-state index contributed by atoms with van der Waals surface area (Å²) in [5.41, 5.74) is 5.42. The number of aromatic nitrogens is 2. The second kappa shape index (κ2) is 12.2. The average Bonchev–Trinajstić information content (AvgIpc) is 3.00. The Morgan fingerprint density at radius 3 is 2.07 bits per heavy atom. The maximum atomic E-state index is 14.0. The zero-order chi connectivity index (χ0) is 28.9. The van der Waals surface area contributed by atoms with Crippen molar-refractivity contribution in [1.29, 1.82) is 0 Å². The Labute approximate surface area is 241 Å². The SMILES string of the molecule is CC=C(C(=O)N1CCc2c(nc(C)n(C(c3ccccc3)c3ccccc3)c2=O)C1)/C(C)=N\N(C)c1ccccc1. The van der Waals surface area contributed by atoms with Crippen molar-refractivity contribution in [2.45, 2.75) is 39.8 Å². The highest BCUT2D eigenvalue weighted by atomic mass is 16.2. The van der Waals surface area contributed by atoms with Crippen molar-refractivity contribution >= 4 is 17.3 Å². The van der Waals surface area contributed by atoms with Crippen LogP contribution in [-0.4, -0.2) is 39.7 Å². The van der Waals surface area contributed by atoms with Crippen LogP contribution in [0.4, 0.5) is 5.69 Å². The van der Waals surface area contributed by atoms with Gasteiger partial charge in [-0.2, -0.15) is 5.10 Å². The van der Waals surface area contributed by atoms with E-state index in [2.05, 4.69) is 5.10 Å². The van der Waals surface area contributed by atoms with Crippen molar-refractivity contribution < 1.29 is 4.79 Å². The molecule has 0 atom stereocenters. The summed E-state index contributed by atoms with van der Waals surface area (Å²) in [6.07, 6.45) is 2.25. The van der Waals surface area contributed by atoms with Crippen LogP contribution in [0.2, 0.25) is 0 Å². The molecular formula is C34H35N5O2. The van der Waals surface area contributed by atoms with Gasteiger partial charge in [-0.15, -0.1) is 0 Å². The molecule has 0 N–H and O–H groups in total. The van der Waals surface area contributed by atoms with Gasteiger partial charge in [0.05, 0.1) is 35.3 Å². The van der Waals surface area contributed by atoms with Gasteiger partial charge in [-0.25, -0.2) is 4.98 Å². The lowest BCUT2D eigenvalue weighted by molar-refractivity contribution is -0.127. The Morgan fingerprint density at radius 2 is 1.51 bits per heavy atom. The first-order chi connectivity index (χ1) is 19.9. The monoisotopic (exact) mass is 545 g/mol. The van der Waals surface area contributed by atoms with E-state index in [-0.39, 0.29) is 24.1 Å². The number of amides is 1. The maximum absolute atomic E-state index is 14.0. The number of benzene rings is 3. The summed E-state index contributed by atoms with van der Waals surface area (Å²) < 4.78 is 1.80. The fourth-order valence-corrected chi connectivity index (χ4v) is 5.50. The van der Waals surface area contributed by atoms with E-state index in [9.17, 15) is 9.59 Å². The number of anilines is 1. The Hall–Kier alpha value is -4.78. The molecular weight excluding hydrogens is 510 g/mol. The van der Waals surface area contributed by atoms with Crippen LogP contribution in [0.15, 0.2) is 113 Å². The summed E-state index contributed by atoms with van der Waals surface area (Å²) in [6, 6.07) is 29.6. The van der Waals surface area contributed by atoms with Crippen LogP contribution in [0, 0.1) is 6.92 Å². The number of carbonyl (C=O) groups is 1. The summed E-state index contributed by atoms with van der Waals surface area (Å²) in [7, 11) is 1.86. The molecule has 1 aliphatic rings. The summed E-state index contributed by atoms with van der Waals surface area (Å²) in [4.78, 5) is 34.4. The third kappa shape index (κ3) is 5.75. The van der Waals surface area contributed by atoms with Gasteiger partial charge in [0.2, 0.25) is 0 Å². The Morgan fingerprint density at radius 1 is 0.951 bits per heavy atom. The van der Waals surface area contributed by atoms with E-state index in [4.69, 9.17) is 4.98 Å². The lowest BCUT2D eigenvalue weighted by atomic mass is 9.97. The van der Waals surface area contributed by atoms with Gasteiger partial charge in [0.15, 0.2) is 0 Å². The maximum Gasteiger partial charge on any atom is 0.257 e. The van der Waals surface area contributed by atoms with Crippen LogP contribution in [0.5, 0.6) is 0 Å². The molecule has 4 aromatic rings. The minimum Gasteiger partial charge on any atom is -0.332 e. The molecule has 0 spiro atoms.